The van der Waals surface area contributed by atoms with Gasteiger partial charge in [-0.1, -0.05) is 11.6 Å². The Kier molecular flexibility index (Phi) is 4.51. The summed E-state index contributed by atoms with van der Waals surface area (Å²) in [6.45, 7) is 1.29. The van der Waals surface area contributed by atoms with Crippen LogP contribution in [0.3, 0.4) is 0 Å². The van der Waals surface area contributed by atoms with Crippen LogP contribution in [0.1, 0.15) is 11.6 Å². The highest BCUT2D eigenvalue weighted by Crippen LogP contribution is 2.34. The first-order valence-corrected chi connectivity index (χ1v) is 8.55. The first-order valence-electron chi connectivity index (χ1n) is 8.17. The number of benzene rings is 1. The number of aromatic nitrogens is 3. The summed E-state index contributed by atoms with van der Waals surface area (Å²) in [4.78, 5) is 8.48. The van der Waals surface area contributed by atoms with Gasteiger partial charge in [0.05, 0.1) is 24.3 Å². The van der Waals surface area contributed by atoms with Gasteiger partial charge in [-0.25, -0.2) is 9.37 Å². The molecule has 0 saturated carbocycles. The van der Waals surface area contributed by atoms with E-state index in [1.807, 2.05) is 18.3 Å². The van der Waals surface area contributed by atoms with Crippen molar-refractivity contribution in [1.29, 1.82) is 0 Å². The highest BCUT2D eigenvalue weighted by molar-refractivity contribution is 6.33. The third-order valence-corrected chi connectivity index (χ3v) is 4.94. The quantitative estimate of drug-likeness (QED) is 0.703. The first-order chi connectivity index (χ1) is 12.2. The van der Waals surface area contributed by atoms with Crippen molar-refractivity contribution in [3.63, 3.8) is 0 Å². The molecule has 0 bridgehead atoms. The van der Waals surface area contributed by atoms with Gasteiger partial charge in [0.25, 0.3) is 0 Å². The molecule has 1 saturated heterocycles. The van der Waals surface area contributed by atoms with E-state index in [9.17, 15) is 4.39 Å². The van der Waals surface area contributed by atoms with Gasteiger partial charge in [0.1, 0.15) is 11.6 Å². The fraction of sp³-hybridized carbons (Fsp3) is 0.263. The van der Waals surface area contributed by atoms with E-state index in [-0.39, 0.29) is 11.9 Å². The van der Waals surface area contributed by atoms with Crippen LogP contribution in [-0.4, -0.2) is 27.7 Å². The molecule has 2 atom stereocenters. The number of halogens is 2. The van der Waals surface area contributed by atoms with Crippen molar-refractivity contribution in [3.8, 4) is 11.4 Å². The fourth-order valence-electron chi connectivity index (χ4n) is 3.37. The highest BCUT2D eigenvalue weighted by Gasteiger charge is 2.31. The van der Waals surface area contributed by atoms with Gasteiger partial charge in [-0.15, -0.1) is 0 Å². The Morgan fingerprint density at radius 1 is 1.16 bits per heavy atom. The lowest BCUT2D eigenvalue weighted by Gasteiger charge is -2.21. The average Bonchev–Trinajstić information content (AvgIpc) is 3.27. The average molecular weight is 358 g/mol. The van der Waals surface area contributed by atoms with Crippen molar-refractivity contribution in [1.82, 2.24) is 14.5 Å². The molecule has 0 spiro atoms. The fourth-order valence-corrected chi connectivity index (χ4v) is 3.57. The van der Waals surface area contributed by atoms with E-state index in [0.29, 0.717) is 35.5 Å². The second-order valence-electron chi connectivity index (χ2n) is 6.21. The lowest BCUT2D eigenvalue weighted by atomic mass is 9.95. The van der Waals surface area contributed by atoms with Crippen LogP contribution in [0.2, 0.25) is 5.02 Å². The van der Waals surface area contributed by atoms with Crippen molar-refractivity contribution in [2.75, 3.05) is 13.2 Å². The molecule has 0 unspecified atom stereocenters. The Bertz CT molecular complexity index is 868. The Morgan fingerprint density at radius 3 is 2.84 bits per heavy atom. The normalized spacial score (nSPS) is 20.1. The molecule has 128 valence electrons. The molecule has 0 N–H and O–H groups in total. The van der Waals surface area contributed by atoms with Crippen LogP contribution < -0.4 is 0 Å². The molecule has 6 heteroatoms. The second kappa shape index (κ2) is 6.94. The van der Waals surface area contributed by atoms with Gasteiger partial charge in [-0.2, -0.15) is 0 Å². The summed E-state index contributed by atoms with van der Waals surface area (Å²) in [6, 6.07) is 8.51. The predicted octanol–water partition coefficient (Wildman–Crippen LogP) is 4.17. The molecule has 1 aliphatic heterocycles. The number of nitrogens with zero attached hydrogens (tertiary/aromatic N) is 3. The van der Waals surface area contributed by atoms with Crippen molar-refractivity contribution in [2.45, 2.75) is 12.5 Å². The summed E-state index contributed by atoms with van der Waals surface area (Å²) in [5, 5.41) is 0.485. The zero-order chi connectivity index (χ0) is 17.2. The van der Waals surface area contributed by atoms with Gasteiger partial charge in [-0.3, -0.25) is 4.98 Å². The number of hydrogen-bond donors (Lipinski definition) is 0. The molecule has 1 aliphatic rings. The molecule has 4 nitrogen and oxygen atoms in total. The van der Waals surface area contributed by atoms with E-state index in [2.05, 4.69) is 14.5 Å². The van der Waals surface area contributed by atoms with Gasteiger partial charge in [0, 0.05) is 36.3 Å². The highest BCUT2D eigenvalue weighted by atomic mass is 35.5. The summed E-state index contributed by atoms with van der Waals surface area (Å²) in [5.74, 6) is 0.646. The summed E-state index contributed by atoms with van der Waals surface area (Å²) >= 11 is 6.27. The van der Waals surface area contributed by atoms with Crippen LogP contribution in [0.4, 0.5) is 4.39 Å². The Balaban J connectivity index is 1.66. The molecule has 1 fully saturated rings. The summed E-state index contributed by atoms with van der Waals surface area (Å²) in [5.41, 5.74) is 1.82. The molecular formula is C19H17ClFN3O. The molecule has 3 heterocycles. The van der Waals surface area contributed by atoms with Gasteiger partial charge < -0.3 is 9.30 Å². The zero-order valence-corrected chi connectivity index (χ0v) is 14.2. The summed E-state index contributed by atoms with van der Waals surface area (Å²) in [6.07, 6.45) is 8.13. The van der Waals surface area contributed by atoms with Crippen molar-refractivity contribution < 1.29 is 9.13 Å². The van der Waals surface area contributed by atoms with E-state index in [1.165, 1.54) is 17.7 Å². The molecule has 1 aromatic carbocycles. The van der Waals surface area contributed by atoms with E-state index >= 15 is 0 Å². The van der Waals surface area contributed by atoms with Crippen LogP contribution >= 0.6 is 11.6 Å². The van der Waals surface area contributed by atoms with Crippen molar-refractivity contribution >= 4 is 11.6 Å². The van der Waals surface area contributed by atoms with Crippen LogP contribution in [-0.2, 0) is 11.2 Å². The predicted molar refractivity (Wildman–Crippen MR) is 93.9 cm³/mol. The van der Waals surface area contributed by atoms with E-state index in [4.69, 9.17) is 16.3 Å². The summed E-state index contributed by atoms with van der Waals surface area (Å²) < 4.78 is 21.5. The first kappa shape index (κ1) is 16.2. The monoisotopic (exact) mass is 357 g/mol. The maximum absolute atomic E-state index is 13.7. The lowest BCUT2D eigenvalue weighted by molar-refractivity contribution is 0.181. The smallest absolute Gasteiger partial charge is 0.141 e. The number of pyridine rings is 1. The topological polar surface area (TPSA) is 39.9 Å². The minimum Gasteiger partial charge on any atom is -0.379 e. The number of imidazole rings is 1. The number of ether oxygens (including phenoxy) is 1. The maximum atomic E-state index is 13.7. The Hall–Kier alpha value is -2.24. The van der Waals surface area contributed by atoms with Gasteiger partial charge in [0.15, 0.2) is 0 Å². The molecule has 3 aromatic rings. The molecule has 2 aromatic heterocycles. The van der Waals surface area contributed by atoms with Crippen LogP contribution in [0.15, 0.2) is 55.1 Å². The van der Waals surface area contributed by atoms with Gasteiger partial charge >= 0.3 is 0 Å². The van der Waals surface area contributed by atoms with Crippen LogP contribution in [0, 0.1) is 11.7 Å². The molecule has 0 radical (unpaired) electrons. The standard InChI is InChI=1S/C19H17ClFN3O/c20-17-2-1-15(21)10-16(17)19-23-7-8-24(19)18-12-25-11-14(18)9-13-3-5-22-6-4-13/h1-8,10,14,18H,9,11-12H2/t14-,18-/m1/s1. The van der Waals surface area contributed by atoms with Crippen LogP contribution in [0.25, 0.3) is 11.4 Å². The molecule has 25 heavy (non-hydrogen) atoms. The largest absolute Gasteiger partial charge is 0.379 e. The SMILES string of the molecule is Fc1ccc(Cl)c(-c2nccn2[C@@H]2COC[C@H]2Cc2ccncc2)c1. The molecular weight excluding hydrogens is 341 g/mol. The van der Waals surface area contributed by atoms with Crippen molar-refractivity contribution in [3.05, 3.63) is 71.5 Å². The van der Waals surface area contributed by atoms with Gasteiger partial charge in [-0.05, 0) is 42.3 Å². The number of hydrogen-bond acceptors (Lipinski definition) is 3. The zero-order valence-electron chi connectivity index (χ0n) is 13.5. The third-order valence-electron chi connectivity index (χ3n) is 4.61. The number of rotatable bonds is 4. The Morgan fingerprint density at radius 2 is 2.00 bits per heavy atom. The van der Waals surface area contributed by atoms with Gasteiger partial charge in [0.2, 0.25) is 0 Å². The summed E-state index contributed by atoms with van der Waals surface area (Å²) in [7, 11) is 0. The second-order valence-corrected chi connectivity index (χ2v) is 6.61. The minimum atomic E-state index is -0.329. The van der Waals surface area contributed by atoms with E-state index in [0.717, 1.165) is 6.42 Å². The van der Waals surface area contributed by atoms with Crippen LogP contribution in [0.5, 0.6) is 0 Å². The molecule has 0 aliphatic carbocycles. The lowest BCUT2D eigenvalue weighted by Crippen LogP contribution is -2.20. The maximum Gasteiger partial charge on any atom is 0.141 e. The van der Waals surface area contributed by atoms with E-state index < -0.39 is 0 Å². The van der Waals surface area contributed by atoms with Crippen molar-refractivity contribution in [2.24, 2.45) is 5.92 Å². The molecule has 0 amide bonds. The van der Waals surface area contributed by atoms with E-state index in [1.54, 1.807) is 24.7 Å². The third kappa shape index (κ3) is 3.30. The Labute approximate surface area is 150 Å². The molecule has 4 rings (SSSR count). The minimum absolute atomic E-state index is 0.130.